The number of pyridine rings is 1. The van der Waals surface area contributed by atoms with Gasteiger partial charge in [-0.3, -0.25) is 4.79 Å². The lowest BCUT2D eigenvalue weighted by atomic mass is 10.1. The number of carbonyl (C=O) groups is 1. The number of thiol groups is 1. The molecule has 1 aromatic heterocycles. The van der Waals surface area contributed by atoms with Gasteiger partial charge in [-0.1, -0.05) is 0 Å². The third-order valence-electron chi connectivity index (χ3n) is 2.70. The number of anilines is 1. The molecule has 1 atom stereocenters. The first-order valence-electron chi connectivity index (χ1n) is 5.16. The van der Waals surface area contributed by atoms with Crippen LogP contribution in [0.15, 0.2) is 18.3 Å². The van der Waals surface area contributed by atoms with Gasteiger partial charge in [-0.05, 0) is 17.7 Å². The van der Waals surface area contributed by atoms with Crippen LogP contribution in [0.1, 0.15) is 6.42 Å². The van der Waals surface area contributed by atoms with E-state index in [0.717, 1.165) is 18.0 Å². The summed E-state index contributed by atoms with van der Waals surface area (Å²) in [7, 11) is 1.57. The van der Waals surface area contributed by atoms with Gasteiger partial charge in [-0.15, -0.1) is 0 Å². The van der Waals surface area contributed by atoms with Crippen molar-refractivity contribution in [2.75, 3.05) is 24.3 Å². The molecule has 0 spiro atoms. The highest BCUT2D eigenvalue weighted by molar-refractivity contribution is 7.80. The van der Waals surface area contributed by atoms with E-state index in [1.165, 1.54) is 0 Å². The van der Waals surface area contributed by atoms with Gasteiger partial charge in [0.05, 0.1) is 19.0 Å². The minimum absolute atomic E-state index is 0.144. The van der Waals surface area contributed by atoms with Gasteiger partial charge >= 0.3 is 0 Å². The monoisotopic (exact) mass is 238 g/mol. The Balaban J connectivity index is 2.15. The summed E-state index contributed by atoms with van der Waals surface area (Å²) >= 11 is 4.23. The number of carbonyl (C=O) groups excluding carboxylic acids is 1. The van der Waals surface area contributed by atoms with Gasteiger partial charge in [0.25, 0.3) is 0 Å². The first-order valence-corrected chi connectivity index (χ1v) is 5.79. The molecule has 86 valence electrons. The molecule has 0 saturated carbocycles. The number of hydrogen-bond donors (Lipinski definition) is 1. The summed E-state index contributed by atoms with van der Waals surface area (Å²) < 4.78 is 4.97. The fourth-order valence-electron chi connectivity index (χ4n) is 1.81. The van der Waals surface area contributed by atoms with Gasteiger partial charge in [0, 0.05) is 19.0 Å². The normalized spacial score (nSPS) is 20.2. The molecule has 0 N–H and O–H groups in total. The van der Waals surface area contributed by atoms with Crippen molar-refractivity contribution in [1.82, 2.24) is 4.98 Å². The Hall–Kier alpha value is -1.23. The molecule has 4 nitrogen and oxygen atoms in total. The topological polar surface area (TPSA) is 42.4 Å². The molecule has 1 unspecified atom stereocenters. The van der Waals surface area contributed by atoms with E-state index in [2.05, 4.69) is 17.6 Å². The number of methoxy groups -OCH3 is 1. The summed E-state index contributed by atoms with van der Waals surface area (Å²) in [6.07, 6.45) is 2.24. The van der Waals surface area contributed by atoms with Crippen LogP contribution in [-0.4, -0.2) is 30.3 Å². The summed E-state index contributed by atoms with van der Waals surface area (Å²) in [5, 5.41) is 0. The van der Waals surface area contributed by atoms with Crippen LogP contribution in [0.5, 0.6) is 5.88 Å². The lowest BCUT2D eigenvalue weighted by Gasteiger charge is -2.16. The molecule has 1 saturated heterocycles. The molecule has 1 amide bonds. The molecule has 1 fully saturated rings. The molecule has 0 radical (unpaired) electrons. The van der Waals surface area contributed by atoms with Gasteiger partial charge in [0.2, 0.25) is 11.8 Å². The minimum Gasteiger partial charge on any atom is -0.481 e. The Morgan fingerprint density at radius 2 is 2.44 bits per heavy atom. The Kier molecular flexibility index (Phi) is 3.33. The van der Waals surface area contributed by atoms with Crippen molar-refractivity contribution in [2.45, 2.75) is 6.42 Å². The number of nitrogens with zero attached hydrogens (tertiary/aromatic N) is 2. The Morgan fingerprint density at radius 1 is 1.62 bits per heavy atom. The quantitative estimate of drug-likeness (QED) is 0.809. The van der Waals surface area contributed by atoms with Crippen molar-refractivity contribution >= 4 is 24.2 Å². The standard InChI is InChI=1S/C11H14N2O2S/c1-15-10-3-2-9(5-12-10)13-6-8(7-16)4-11(13)14/h2-3,5,8,16H,4,6-7H2,1H3. The Bertz CT molecular complexity index is 380. The van der Waals surface area contributed by atoms with Crippen LogP contribution < -0.4 is 9.64 Å². The van der Waals surface area contributed by atoms with Crippen molar-refractivity contribution in [3.8, 4) is 5.88 Å². The number of amides is 1. The predicted octanol–water partition coefficient (Wildman–Crippen LogP) is 1.37. The molecule has 5 heteroatoms. The molecule has 2 heterocycles. The Labute approximate surface area is 100 Å². The maximum atomic E-state index is 11.7. The van der Waals surface area contributed by atoms with Crippen LogP contribution in [0.25, 0.3) is 0 Å². The van der Waals surface area contributed by atoms with Crippen molar-refractivity contribution in [2.24, 2.45) is 5.92 Å². The van der Waals surface area contributed by atoms with E-state index in [0.29, 0.717) is 18.2 Å². The fraction of sp³-hybridized carbons (Fsp3) is 0.455. The third kappa shape index (κ3) is 2.14. The SMILES string of the molecule is COc1ccc(N2CC(CS)CC2=O)cn1. The average Bonchev–Trinajstić information content (AvgIpc) is 2.71. The summed E-state index contributed by atoms with van der Waals surface area (Å²) in [4.78, 5) is 17.6. The highest BCUT2D eigenvalue weighted by atomic mass is 32.1. The lowest BCUT2D eigenvalue weighted by molar-refractivity contribution is -0.117. The van der Waals surface area contributed by atoms with E-state index < -0.39 is 0 Å². The zero-order valence-electron chi connectivity index (χ0n) is 9.09. The second-order valence-electron chi connectivity index (χ2n) is 3.82. The molecule has 16 heavy (non-hydrogen) atoms. The summed E-state index contributed by atoms with van der Waals surface area (Å²) in [5.74, 6) is 1.79. The molecular weight excluding hydrogens is 224 g/mol. The van der Waals surface area contributed by atoms with Crippen LogP contribution in [-0.2, 0) is 4.79 Å². The van der Waals surface area contributed by atoms with Crippen LogP contribution >= 0.6 is 12.6 Å². The summed E-state index contributed by atoms with van der Waals surface area (Å²) in [6, 6.07) is 3.61. The first-order chi connectivity index (χ1) is 7.74. The molecule has 0 bridgehead atoms. The zero-order valence-corrected chi connectivity index (χ0v) is 9.98. The highest BCUT2D eigenvalue weighted by Gasteiger charge is 2.29. The summed E-state index contributed by atoms with van der Waals surface area (Å²) in [6.45, 7) is 0.732. The zero-order chi connectivity index (χ0) is 11.5. The molecule has 1 aromatic rings. The van der Waals surface area contributed by atoms with Crippen LogP contribution in [0.3, 0.4) is 0 Å². The molecule has 0 aliphatic carbocycles. The predicted molar refractivity (Wildman–Crippen MR) is 65.1 cm³/mol. The van der Waals surface area contributed by atoms with E-state index in [-0.39, 0.29) is 5.91 Å². The third-order valence-corrected chi connectivity index (χ3v) is 3.22. The van der Waals surface area contributed by atoms with E-state index in [1.807, 2.05) is 6.07 Å². The van der Waals surface area contributed by atoms with E-state index in [1.54, 1.807) is 24.3 Å². The number of ether oxygens (including phenoxy) is 1. The van der Waals surface area contributed by atoms with Crippen molar-refractivity contribution in [3.05, 3.63) is 18.3 Å². The number of hydrogen-bond acceptors (Lipinski definition) is 4. The van der Waals surface area contributed by atoms with Crippen LogP contribution in [0.2, 0.25) is 0 Å². The van der Waals surface area contributed by atoms with E-state index in [9.17, 15) is 4.79 Å². The van der Waals surface area contributed by atoms with E-state index >= 15 is 0 Å². The second-order valence-corrected chi connectivity index (χ2v) is 4.18. The second kappa shape index (κ2) is 4.74. The molecule has 0 aromatic carbocycles. The van der Waals surface area contributed by atoms with Gasteiger partial charge in [0.15, 0.2) is 0 Å². The smallest absolute Gasteiger partial charge is 0.227 e. The van der Waals surface area contributed by atoms with Crippen molar-refractivity contribution in [1.29, 1.82) is 0 Å². The number of rotatable bonds is 3. The van der Waals surface area contributed by atoms with Crippen molar-refractivity contribution in [3.63, 3.8) is 0 Å². The highest BCUT2D eigenvalue weighted by Crippen LogP contribution is 2.25. The van der Waals surface area contributed by atoms with Gasteiger partial charge in [0.1, 0.15) is 0 Å². The number of aromatic nitrogens is 1. The largest absolute Gasteiger partial charge is 0.481 e. The van der Waals surface area contributed by atoms with Crippen LogP contribution in [0, 0.1) is 5.92 Å². The fourth-order valence-corrected chi connectivity index (χ4v) is 2.05. The lowest BCUT2D eigenvalue weighted by Crippen LogP contribution is -2.24. The average molecular weight is 238 g/mol. The van der Waals surface area contributed by atoms with E-state index in [4.69, 9.17) is 4.74 Å². The van der Waals surface area contributed by atoms with Gasteiger partial charge in [-0.2, -0.15) is 12.6 Å². The molecular formula is C11H14N2O2S. The maximum absolute atomic E-state index is 11.7. The van der Waals surface area contributed by atoms with Crippen LogP contribution in [0.4, 0.5) is 5.69 Å². The molecule has 2 rings (SSSR count). The molecule has 1 aliphatic rings. The van der Waals surface area contributed by atoms with Gasteiger partial charge in [-0.25, -0.2) is 4.98 Å². The summed E-state index contributed by atoms with van der Waals surface area (Å²) in [5.41, 5.74) is 0.829. The van der Waals surface area contributed by atoms with Crippen molar-refractivity contribution < 1.29 is 9.53 Å². The Morgan fingerprint density at radius 3 is 2.94 bits per heavy atom. The molecule has 1 aliphatic heterocycles. The first kappa shape index (κ1) is 11.3. The van der Waals surface area contributed by atoms with Gasteiger partial charge < -0.3 is 9.64 Å². The minimum atomic E-state index is 0.144. The maximum Gasteiger partial charge on any atom is 0.227 e.